The van der Waals surface area contributed by atoms with Crippen molar-refractivity contribution in [2.24, 2.45) is 5.92 Å². The molecule has 2 aliphatic rings. The molecule has 1 heterocycles. The SMILES string of the molecule is C[C@]12C=CC[C@H]1CC(=O)O2. The van der Waals surface area contributed by atoms with Crippen LogP contribution in [0.1, 0.15) is 19.8 Å². The van der Waals surface area contributed by atoms with Gasteiger partial charge in [-0.05, 0) is 19.4 Å². The van der Waals surface area contributed by atoms with Gasteiger partial charge in [0.2, 0.25) is 0 Å². The Hall–Kier alpha value is -0.790. The van der Waals surface area contributed by atoms with E-state index in [9.17, 15) is 4.79 Å². The second kappa shape index (κ2) is 1.62. The van der Waals surface area contributed by atoms with Gasteiger partial charge in [-0.3, -0.25) is 4.79 Å². The third-order valence-electron chi connectivity index (χ3n) is 2.43. The first kappa shape index (κ1) is 5.96. The first-order valence-electron chi connectivity index (χ1n) is 3.60. The molecule has 1 aliphatic heterocycles. The summed E-state index contributed by atoms with van der Waals surface area (Å²) in [6, 6.07) is 0. The minimum absolute atomic E-state index is 0.0446. The highest BCUT2D eigenvalue weighted by molar-refractivity contribution is 5.73. The Labute approximate surface area is 59.9 Å². The molecule has 1 fully saturated rings. The molecule has 0 unspecified atom stereocenters. The Morgan fingerprint density at radius 1 is 1.80 bits per heavy atom. The maximum absolute atomic E-state index is 10.8. The molecule has 1 saturated heterocycles. The molecule has 0 aromatic rings. The Bertz CT molecular complexity index is 207. The maximum Gasteiger partial charge on any atom is 0.307 e. The van der Waals surface area contributed by atoms with Gasteiger partial charge in [0.25, 0.3) is 0 Å². The van der Waals surface area contributed by atoms with E-state index in [0.717, 1.165) is 6.42 Å². The third kappa shape index (κ3) is 0.618. The summed E-state index contributed by atoms with van der Waals surface area (Å²) in [6.45, 7) is 1.98. The highest BCUT2D eigenvalue weighted by Crippen LogP contribution is 2.40. The number of rotatable bonds is 0. The van der Waals surface area contributed by atoms with Crippen LogP contribution in [0.5, 0.6) is 0 Å². The van der Waals surface area contributed by atoms with Crippen molar-refractivity contribution in [1.29, 1.82) is 0 Å². The molecule has 0 amide bonds. The van der Waals surface area contributed by atoms with Crippen LogP contribution in [0.25, 0.3) is 0 Å². The lowest BCUT2D eigenvalue weighted by molar-refractivity contribution is -0.144. The van der Waals surface area contributed by atoms with Crippen molar-refractivity contribution in [3.63, 3.8) is 0 Å². The van der Waals surface area contributed by atoms with Crippen LogP contribution < -0.4 is 0 Å². The monoisotopic (exact) mass is 138 g/mol. The van der Waals surface area contributed by atoms with E-state index in [2.05, 4.69) is 6.08 Å². The van der Waals surface area contributed by atoms with Gasteiger partial charge in [-0.25, -0.2) is 0 Å². The lowest BCUT2D eigenvalue weighted by Gasteiger charge is -2.19. The van der Waals surface area contributed by atoms with Gasteiger partial charge >= 0.3 is 5.97 Å². The molecule has 2 heteroatoms. The number of esters is 1. The van der Waals surface area contributed by atoms with E-state index in [-0.39, 0.29) is 11.6 Å². The van der Waals surface area contributed by atoms with Gasteiger partial charge in [-0.1, -0.05) is 6.08 Å². The molecule has 2 nitrogen and oxygen atoms in total. The van der Waals surface area contributed by atoms with Gasteiger partial charge in [0.15, 0.2) is 0 Å². The van der Waals surface area contributed by atoms with E-state index < -0.39 is 0 Å². The zero-order valence-corrected chi connectivity index (χ0v) is 5.96. The van der Waals surface area contributed by atoms with E-state index in [4.69, 9.17) is 4.74 Å². The van der Waals surface area contributed by atoms with Crippen molar-refractivity contribution < 1.29 is 9.53 Å². The normalized spacial score (nSPS) is 43.7. The average molecular weight is 138 g/mol. The maximum atomic E-state index is 10.8. The van der Waals surface area contributed by atoms with Gasteiger partial charge in [-0.2, -0.15) is 0 Å². The quantitative estimate of drug-likeness (QED) is 0.372. The van der Waals surface area contributed by atoms with Crippen molar-refractivity contribution in [2.75, 3.05) is 0 Å². The van der Waals surface area contributed by atoms with Gasteiger partial charge in [0.05, 0.1) is 6.42 Å². The van der Waals surface area contributed by atoms with Gasteiger partial charge < -0.3 is 4.74 Å². The standard InChI is InChI=1S/C8H10O2/c1-8-4-2-3-6(8)5-7(9)10-8/h2,4,6H,3,5H2,1H3/t6-,8-/m0/s1. The highest BCUT2D eigenvalue weighted by atomic mass is 16.6. The summed E-state index contributed by atoms with van der Waals surface area (Å²) in [5.41, 5.74) is -0.253. The van der Waals surface area contributed by atoms with E-state index in [1.165, 1.54) is 0 Å². The molecule has 0 aromatic carbocycles. The van der Waals surface area contributed by atoms with Crippen LogP contribution in [0, 0.1) is 5.92 Å². The molecule has 54 valence electrons. The van der Waals surface area contributed by atoms with Crippen LogP contribution in [-0.2, 0) is 9.53 Å². The molecule has 2 atom stereocenters. The molecule has 0 spiro atoms. The first-order chi connectivity index (χ1) is 4.71. The Kier molecular flexibility index (Phi) is 0.967. The number of hydrogen-bond donors (Lipinski definition) is 0. The zero-order valence-electron chi connectivity index (χ0n) is 5.96. The van der Waals surface area contributed by atoms with Crippen LogP contribution in [0.4, 0.5) is 0 Å². The lowest BCUT2D eigenvalue weighted by atomic mass is 9.93. The molecule has 0 aromatic heterocycles. The Morgan fingerprint density at radius 3 is 3.30 bits per heavy atom. The summed E-state index contributed by atoms with van der Waals surface area (Å²) in [7, 11) is 0. The molecule has 0 N–H and O–H groups in total. The predicted octanol–water partition coefficient (Wildman–Crippen LogP) is 1.27. The van der Waals surface area contributed by atoms with E-state index in [1.54, 1.807) is 0 Å². The molecule has 2 rings (SSSR count). The number of carbonyl (C=O) groups excluding carboxylic acids is 1. The van der Waals surface area contributed by atoms with Gasteiger partial charge in [-0.15, -0.1) is 0 Å². The molecular formula is C8H10O2. The Balaban J connectivity index is 2.29. The van der Waals surface area contributed by atoms with Crippen molar-refractivity contribution in [3.05, 3.63) is 12.2 Å². The molecule has 0 bridgehead atoms. The minimum atomic E-state index is -0.253. The summed E-state index contributed by atoms with van der Waals surface area (Å²) < 4.78 is 5.15. The fraction of sp³-hybridized carbons (Fsp3) is 0.625. The number of ether oxygens (including phenoxy) is 1. The van der Waals surface area contributed by atoms with E-state index >= 15 is 0 Å². The number of fused-ring (bicyclic) bond motifs is 1. The van der Waals surface area contributed by atoms with Crippen LogP contribution in [0.3, 0.4) is 0 Å². The van der Waals surface area contributed by atoms with Crippen molar-refractivity contribution in [1.82, 2.24) is 0 Å². The topological polar surface area (TPSA) is 26.3 Å². The number of hydrogen-bond acceptors (Lipinski definition) is 2. The minimum Gasteiger partial charge on any atom is -0.455 e. The largest absolute Gasteiger partial charge is 0.455 e. The van der Waals surface area contributed by atoms with E-state index in [1.807, 2.05) is 13.0 Å². The summed E-state index contributed by atoms with van der Waals surface area (Å²) in [6.07, 6.45) is 5.70. The molecule has 1 aliphatic carbocycles. The second-order valence-corrected chi connectivity index (χ2v) is 3.20. The molecular weight excluding hydrogens is 128 g/mol. The third-order valence-corrected chi connectivity index (χ3v) is 2.43. The number of carbonyl (C=O) groups is 1. The highest BCUT2D eigenvalue weighted by Gasteiger charge is 2.45. The van der Waals surface area contributed by atoms with Crippen molar-refractivity contribution in [3.8, 4) is 0 Å². The summed E-state index contributed by atoms with van der Waals surface area (Å²) in [5.74, 6) is 0.372. The van der Waals surface area contributed by atoms with Crippen LogP contribution in [-0.4, -0.2) is 11.6 Å². The van der Waals surface area contributed by atoms with E-state index in [0.29, 0.717) is 12.3 Å². The lowest BCUT2D eigenvalue weighted by Crippen LogP contribution is -2.24. The smallest absolute Gasteiger partial charge is 0.307 e. The summed E-state index contributed by atoms with van der Waals surface area (Å²) >= 11 is 0. The summed E-state index contributed by atoms with van der Waals surface area (Å²) in [5, 5.41) is 0. The van der Waals surface area contributed by atoms with Gasteiger partial charge in [0.1, 0.15) is 5.60 Å². The average Bonchev–Trinajstić information content (AvgIpc) is 2.20. The van der Waals surface area contributed by atoms with Crippen molar-refractivity contribution >= 4 is 5.97 Å². The zero-order chi connectivity index (χ0) is 7.19. The van der Waals surface area contributed by atoms with Crippen LogP contribution >= 0.6 is 0 Å². The molecule has 0 radical (unpaired) electrons. The summed E-state index contributed by atoms with van der Waals surface area (Å²) in [4.78, 5) is 10.8. The predicted molar refractivity (Wildman–Crippen MR) is 36.4 cm³/mol. The fourth-order valence-corrected chi connectivity index (χ4v) is 1.73. The van der Waals surface area contributed by atoms with Crippen LogP contribution in [0.2, 0.25) is 0 Å². The first-order valence-corrected chi connectivity index (χ1v) is 3.60. The molecule has 0 saturated carbocycles. The van der Waals surface area contributed by atoms with Crippen LogP contribution in [0.15, 0.2) is 12.2 Å². The second-order valence-electron chi connectivity index (χ2n) is 3.20. The number of allylic oxidation sites excluding steroid dienone is 1. The van der Waals surface area contributed by atoms with Crippen molar-refractivity contribution in [2.45, 2.75) is 25.4 Å². The molecule has 10 heavy (non-hydrogen) atoms. The van der Waals surface area contributed by atoms with Gasteiger partial charge in [0, 0.05) is 5.92 Å². The fourth-order valence-electron chi connectivity index (χ4n) is 1.73. The Morgan fingerprint density at radius 2 is 2.60 bits per heavy atom.